The molecule has 2 aromatic carbocycles. The number of likely N-dealkylation sites (tertiary alicyclic amines) is 1. The quantitative estimate of drug-likeness (QED) is 0.314. The molecule has 2 saturated heterocycles. The number of nitrogens with one attached hydrogen (secondary N) is 1. The third-order valence-electron chi connectivity index (χ3n) is 7.94. The lowest BCUT2D eigenvalue weighted by Gasteiger charge is -2.41. The van der Waals surface area contributed by atoms with Crippen LogP contribution in [0.25, 0.3) is 11.1 Å². The largest absolute Gasteiger partial charge is 0.350 e. The van der Waals surface area contributed by atoms with Gasteiger partial charge < -0.3 is 9.64 Å². The van der Waals surface area contributed by atoms with E-state index in [1.54, 1.807) is 29.5 Å². The van der Waals surface area contributed by atoms with Crippen molar-refractivity contribution in [2.24, 2.45) is 0 Å². The lowest BCUT2D eigenvalue weighted by molar-refractivity contribution is -0.202. The molecule has 2 aliphatic rings. The second kappa shape index (κ2) is 12.9. The molecule has 0 aromatic heterocycles. The minimum atomic E-state index is -3.62. The van der Waals surface area contributed by atoms with E-state index in [4.69, 9.17) is 9.57 Å². The number of ether oxygens (including phenoxy) is 1. The number of aryl methyl sites for hydroxylation is 1. The molecule has 1 amide bonds. The van der Waals surface area contributed by atoms with Gasteiger partial charge in [-0.2, -0.15) is 0 Å². The van der Waals surface area contributed by atoms with Crippen molar-refractivity contribution in [1.29, 1.82) is 0 Å². The smallest absolute Gasteiger partial charge is 0.263 e. The number of amides is 1. The van der Waals surface area contributed by atoms with Crippen LogP contribution in [0.5, 0.6) is 0 Å². The minimum absolute atomic E-state index is 0.218. The number of hydroxylamine groups is 1. The third kappa shape index (κ3) is 6.81. The van der Waals surface area contributed by atoms with E-state index in [2.05, 4.69) is 10.4 Å². The number of hydrogen-bond donors (Lipinski definition) is 1. The van der Waals surface area contributed by atoms with Crippen LogP contribution in [0.1, 0.15) is 57.9 Å². The highest BCUT2D eigenvalue weighted by molar-refractivity contribution is 8.02. The fourth-order valence-corrected chi connectivity index (χ4v) is 7.60. The SMILES string of the molecule is CCN1CCC(C(=O)NOC2CCCCO2)(S(=O)(=C=O)c2ccc(-c3ccc(CCC(C)(F)F)cc3)cc2)CC1. The monoisotopic (exact) mass is 576 g/mol. The van der Waals surface area contributed by atoms with Gasteiger partial charge in [0.05, 0.1) is 9.52 Å². The summed E-state index contributed by atoms with van der Waals surface area (Å²) in [6.07, 6.45) is 2.39. The number of carbonyl (C=O) groups is 1. The molecule has 40 heavy (non-hydrogen) atoms. The van der Waals surface area contributed by atoms with Gasteiger partial charge in [0.1, 0.15) is 4.75 Å². The minimum Gasteiger partial charge on any atom is -0.350 e. The van der Waals surface area contributed by atoms with E-state index in [0.717, 1.165) is 43.0 Å². The van der Waals surface area contributed by atoms with Crippen LogP contribution in [0, 0.1) is 0 Å². The van der Waals surface area contributed by atoms with Crippen molar-refractivity contribution < 1.29 is 32.2 Å². The molecule has 2 atom stereocenters. The molecule has 4 rings (SSSR count). The molecule has 2 heterocycles. The van der Waals surface area contributed by atoms with Gasteiger partial charge in [-0.25, -0.2) is 23.9 Å². The van der Waals surface area contributed by atoms with Crippen molar-refractivity contribution in [2.45, 2.75) is 80.6 Å². The number of piperidine rings is 1. The van der Waals surface area contributed by atoms with Crippen molar-refractivity contribution in [3.8, 4) is 11.1 Å². The Labute approximate surface area is 235 Å². The Balaban J connectivity index is 1.57. The predicted molar refractivity (Wildman–Crippen MR) is 150 cm³/mol. The summed E-state index contributed by atoms with van der Waals surface area (Å²) in [5.41, 5.74) is 4.95. The standard InChI is InChI=1S/C30H38F2N2O5S/c1-3-34-19-17-30(18-20-34,28(36)33-39-27-6-4-5-21-38-27)40(37,22-35)26-13-11-25(12-14-26)24-9-7-23(8-10-24)15-16-29(2,31)32/h7-14,27H,3-6,15-21H2,1-2H3,(H,33,36). The zero-order chi connectivity index (χ0) is 28.8. The molecule has 0 saturated carbocycles. The molecule has 0 bridgehead atoms. The number of alkyl halides is 2. The summed E-state index contributed by atoms with van der Waals surface area (Å²) in [6.45, 7) is 5.28. The van der Waals surface area contributed by atoms with Gasteiger partial charge in [-0.05, 0) is 74.4 Å². The van der Waals surface area contributed by atoms with Crippen LogP contribution in [0.4, 0.5) is 8.78 Å². The number of halogens is 2. The lowest BCUT2D eigenvalue weighted by atomic mass is 9.95. The first-order valence-electron chi connectivity index (χ1n) is 13.9. The first-order valence-corrected chi connectivity index (χ1v) is 15.5. The molecule has 0 aliphatic carbocycles. The second-order valence-electron chi connectivity index (χ2n) is 10.7. The van der Waals surface area contributed by atoms with Crippen LogP contribution in [0.2, 0.25) is 0 Å². The molecule has 7 nitrogen and oxygen atoms in total. The molecule has 2 aromatic rings. The van der Waals surface area contributed by atoms with E-state index in [9.17, 15) is 22.6 Å². The summed E-state index contributed by atoms with van der Waals surface area (Å²) in [5.74, 6) is -3.31. The molecular formula is C30H38F2N2O5S. The maximum absolute atomic E-state index is 14.5. The van der Waals surface area contributed by atoms with E-state index >= 15 is 0 Å². The Morgan fingerprint density at radius 3 is 2.27 bits per heavy atom. The number of rotatable bonds is 10. The Morgan fingerprint density at radius 1 is 1.12 bits per heavy atom. The van der Waals surface area contributed by atoms with Gasteiger partial charge >= 0.3 is 0 Å². The van der Waals surface area contributed by atoms with Crippen molar-refractivity contribution in [3.05, 3.63) is 54.1 Å². The maximum atomic E-state index is 14.5. The topological polar surface area (TPSA) is 84.9 Å². The summed E-state index contributed by atoms with van der Waals surface area (Å²) in [5, 5.41) is 1.80. The van der Waals surface area contributed by atoms with Crippen molar-refractivity contribution >= 4 is 20.7 Å². The summed E-state index contributed by atoms with van der Waals surface area (Å²) in [6, 6.07) is 14.0. The van der Waals surface area contributed by atoms with Gasteiger partial charge in [0.25, 0.3) is 5.91 Å². The lowest BCUT2D eigenvalue weighted by Crippen LogP contribution is -2.58. The van der Waals surface area contributed by atoms with Gasteiger partial charge in [0.15, 0.2) is 11.5 Å². The van der Waals surface area contributed by atoms with E-state index < -0.39 is 32.4 Å². The summed E-state index contributed by atoms with van der Waals surface area (Å²) >= 11 is 0. The molecule has 2 unspecified atom stereocenters. The fourth-order valence-electron chi connectivity index (χ4n) is 5.31. The molecule has 218 valence electrons. The molecule has 2 fully saturated rings. The summed E-state index contributed by atoms with van der Waals surface area (Å²) in [7, 11) is -3.62. The molecular weight excluding hydrogens is 538 g/mol. The molecule has 2 aliphatic heterocycles. The molecule has 10 heteroatoms. The van der Waals surface area contributed by atoms with Gasteiger partial charge in [-0.1, -0.05) is 43.3 Å². The van der Waals surface area contributed by atoms with Crippen LogP contribution >= 0.6 is 0 Å². The highest BCUT2D eigenvalue weighted by atomic mass is 32.2. The number of nitrogens with zero attached hydrogens (tertiary/aromatic N) is 1. The fraction of sp³-hybridized carbons (Fsp3) is 0.533. The molecule has 0 spiro atoms. The van der Waals surface area contributed by atoms with Crippen LogP contribution in [-0.2, 0) is 35.1 Å². The normalized spacial score (nSPS) is 21.2. The average molecular weight is 577 g/mol. The first kappa shape index (κ1) is 30.3. The molecule has 1 N–H and O–H groups in total. The van der Waals surface area contributed by atoms with Crippen molar-refractivity contribution in [1.82, 2.24) is 10.4 Å². The van der Waals surface area contributed by atoms with E-state index in [1.807, 2.05) is 31.2 Å². The zero-order valence-corrected chi connectivity index (χ0v) is 23.9. The predicted octanol–water partition coefficient (Wildman–Crippen LogP) is 5.08. The first-order chi connectivity index (χ1) is 19.1. The van der Waals surface area contributed by atoms with Crippen LogP contribution in [0.15, 0.2) is 53.4 Å². The van der Waals surface area contributed by atoms with Crippen molar-refractivity contribution in [2.75, 3.05) is 26.2 Å². The number of carbonyl (C=O) groups excluding carboxylic acids is 2. The van der Waals surface area contributed by atoms with Crippen LogP contribution in [0.3, 0.4) is 0 Å². The summed E-state index contributed by atoms with van der Waals surface area (Å²) in [4.78, 5) is 34.1. The second-order valence-corrected chi connectivity index (χ2v) is 13.2. The number of hydrogen-bond acceptors (Lipinski definition) is 6. The Kier molecular flexibility index (Phi) is 9.80. The average Bonchev–Trinajstić information content (AvgIpc) is 2.99. The highest BCUT2D eigenvalue weighted by Crippen LogP contribution is 2.37. The van der Waals surface area contributed by atoms with E-state index in [-0.39, 0.29) is 30.6 Å². The summed E-state index contributed by atoms with van der Waals surface area (Å²) < 4.78 is 44.9. The van der Waals surface area contributed by atoms with Gasteiger partial charge in [-0.3, -0.25) is 9.00 Å². The van der Waals surface area contributed by atoms with Crippen molar-refractivity contribution in [3.63, 3.8) is 0 Å². The Hall–Kier alpha value is -2.62. The Morgan fingerprint density at radius 2 is 1.75 bits per heavy atom. The highest BCUT2D eigenvalue weighted by Gasteiger charge is 2.51. The van der Waals surface area contributed by atoms with Crippen LogP contribution < -0.4 is 5.48 Å². The van der Waals surface area contributed by atoms with Gasteiger partial charge in [-0.15, -0.1) is 0 Å². The molecule has 0 radical (unpaired) electrons. The van der Waals surface area contributed by atoms with Gasteiger partial charge in [0, 0.05) is 37.4 Å². The zero-order valence-electron chi connectivity index (χ0n) is 23.1. The number of benzene rings is 2. The van der Waals surface area contributed by atoms with E-state index in [1.165, 1.54) is 0 Å². The van der Waals surface area contributed by atoms with Crippen LogP contribution in [-0.4, -0.2) is 63.4 Å². The Bertz CT molecular complexity index is 1280. The van der Waals surface area contributed by atoms with Gasteiger partial charge in [0.2, 0.25) is 5.92 Å². The third-order valence-corrected chi connectivity index (χ3v) is 10.8. The maximum Gasteiger partial charge on any atom is 0.263 e. The van der Waals surface area contributed by atoms with E-state index in [0.29, 0.717) is 26.1 Å².